The van der Waals surface area contributed by atoms with E-state index in [1.165, 1.54) is 0 Å². The molecule has 0 rings (SSSR count). The molecule has 0 saturated heterocycles. The Kier molecular flexibility index (Phi) is 19.5. The van der Waals surface area contributed by atoms with Crippen LogP contribution in [0.15, 0.2) is 0 Å². The molecule has 0 atom stereocenters. The summed E-state index contributed by atoms with van der Waals surface area (Å²) in [5.74, 6) is -2.62. The lowest BCUT2D eigenvalue weighted by atomic mass is 10.5. The highest BCUT2D eigenvalue weighted by molar-refractivity contribution is 14.0. The summed E-state index contributed by atoms with van der Waals surface area (Å²) in [7, 11) is 0. The molecule has 0 fully saturated rings. The van der Waals surface area contributed by atoms with E-state index in [1.54, 1.807) is 0 Å². The first-order valence-electron chi connectivity index (χ1n) is 1.89. The molecule has 8 heteroatoms. The van der Waals surface area contributed by atoms with Crippen LogP contribution >= 0.6 is 24.0 Å². The molecule has 0 aliphatic heterocycles. The minimum Gasteiger partial charge on any atom is -0.506 e. The third-order valence-corrected chi connectivity index (χ3v) is 0.302. The number of rotatable bonds is 2. The molecule has 0 aromatic heterocycles. The van der Waals surface area contributed by atoms with Gasteiger partial charge in [-0.05, 0) is 0 Å². The van der Waals surface area contributed by atoms with E-state index >= 15 is 0 Å². The highest BCUT2D eigenvalue weighted by Gasteiger charge is 2.01. The number of hydrogen-bond acceptors (Lipinski definition) is 4. The normalized spacial score (nSPS) is 6.73. The molecule has 11 heavy (non-hydrogen) atoms. The predicted molar refractivity (Wildman–Crippen MR) is 37.5 cm³/mol. The maximum atomic E-state index is 9.43. The predicted octanol–water partition coefficient (Wildman–Crippen LogP) is -1.58. The quantitative estimate of drug-likeness (QED) is 0.418. The Morgan fingerprint density at radius 3 is 1.45 bits per heavy atom. The van der Waals surface area contributed by atoms with Gasteiger partial charge in [-0.25, -0.2) is 0 Å². The summed E-state index contributed by atoms with van der Waals surface area (Å²) in [6, 6.07) is 0. The molecular weight excluding hydrogens is 294 g/mol. The van der Waals surface area contributed by atoms with Gasteiger partial charge in [0, 0.05) is 0 Å². The first-order chi connectivity index (χ1) is 4.54. The highest BCUT2D eigenvalue weighted by atomic mass is 127. The fourth-order valence-corrected chi connectivity index (χ4v) is 0.129. The first-order valence-corrected chi connectivity index (χ1v) is 2.53. The summed E-state index contributed by atoms with van der Waals surface area (Å²) in [5.41, 5.74) is 0. The van der Waals surface area contributed by atoms with E-state index in [9.17, 15) is 9.59 Å². The summed E-state index contributed by atoms with van der Waals surface area (Å²) in [6.45, 7) is 0. The molecule has 0 amide bonds. The van der Waals surface area contributed by atoms with Crippen LogP contribution in [0, 0.1) is 11.3 Å². The van der Waals surface area contributed by atoms with Crippen molar-refractivity contribution in [2.75, 3.05) is 0 Å². The number of carboxylic acids is 2. The molecule has 0 aromatic rings. The third-order valence-electron chi connectivity index (χ3n) is 0.302. The SMILES string of the molecule is I.O=C(O)CC(=O)O.[O-][Cl+]O. The van der Waals surface area contributed by atoms with Crippen LogP contribution < -0.4 is 4.66 Å². The maximum Gasteiger partial charge on any atom is 0.327 e. The first kappa shape index (κ1) is 17.1. The number of aliphatic carboxylic acids is 2. The van der Waals surface area contributed by atoms with E-state index in [1.807, 2.05) is 0 Å². The van der Waals surface area contributed by atoms with Gasteiger partial charge in [-0.1, -0.05) is 0 Å². The Bertz CT molecular complexity index is 104. The Hall–Kier alpha value is -0.120. The second kappa shape index (κ2) is 12.5. The molecule has 0 saturated carbocycles. The van der Waals surface area contributed by atoms with Crippen LogP contribution in [0.3, 0.4) is 0 Å². The molecule has 0 heterocycles. The topological polar surface area (TPSA) is 118 Å². The molecule has 68 valence electrons. The van der Waals surface area contributed by atoms with E-state index in [-0.39, 0.29) is 35.3 Å². The second-order valence-electron chi connectivity index (χ2n) is 1.03. The van der Waals surface area contributed by atoms with Gasteiger partial charge in [0.05, 0.1) is 0 Å². The monoisotopic (exact) mass is 300 g/mol. The van der Waals surface area contributed by atoms with Crippen LogP contribution in [0.4, 0.5) is 0 Å². The van der Waals surface area contributed by atoms with Gasteiger partial charge in [0.2, 0.25) is 0 Å². The van der Waals surface area contributed by atoms with Gasteiger partial charge in [0.25, 0.3) is 0 Å². The van der Waals surface area contributed by atoms with Crippen LogP contribution in [0.1, 0.15) is 6.42 Å². The van der Waals surface area contributed by atoms with Gasteiger partial charge in [-0.15, -0.1) is 28.6 Å². The molecule has 0 bridgehead atoms. The number of hydrogen-bond donors (Lipinski definition) is 3. The molecule has 6 nitrogen and oxygen atoms in total. The summed E-state index contributed by atoms with van der Waals surface area (Å²) in [5, 5.41) is 15.4. The van der Waals surface area contributed by atoms with Crippen molar-refractivity contribution in [3.05, 3.63) is 0 Å². The fraction of sp³-hybridized carbons (Fsp3) is 0.333. The van der Waals surface area contributed by atoms with Crippen LogP contribution in [-0.2, 0) is 9.59 Å². The van der Waals surface area contributed by atoms with Gasteiger partial charge >= 0.3 is 23.3 Å². The van der Waals surface area contributed by atoms with Gasteiger partial charge in [0.15, 0.2) is 0 Å². The van der Waals surface area contributed by atoms with Crippen molar-refractivity contribution in [1.29, 1.82) is 0 Å². The molecular formula is C3H6ClIO6. The van der Waals surface area contributed by atoms with Crippen molar-refractivity contribution in [2.45, 2.75) is 6.42 Å². The Labute approximate surface area is 82.9 Å². The van der Waals surface area contributed by atoms with Crippen LogP contribution in [0.5, 0.6) is 0 Å². The molecule has 3 N–H and O–H groups in total. The number of carbonyl (C=O) groups is 2. The van der Waals surface area contributed by atoms with Crippen molar-refractivity contribution in [2.24, 2.45) is 0 Å². The minimum atomic E-state index is -1.31. The van der Waals surface area contributed by atoms with Crippen molar-refractivity contribution >= 4 is 35.9 Å². The summed E-state index contributed by atoms with van der Waals surface area (Å²) in [4.78, 5) is 18.9. The summed E-state index contributed by atoms with van der Waals surface area (Å²) < 4.78 is 15.2. The smallest absolute Gasteiger partial charge is 0.327 e. The van der Waals surface area contributed by atoms with E-state index in [4.69, 9.17) is 19.5 Å². The molecule has 0 radical (unpaired) electrons. The Balaban J connectivity index is -0.000000140. The Morgan fingerprint density at radius 2 is 1.45 bits per heavy atom. The van der Waals surface area contributed by atoms with Crippen molar-refractivity contribution in [3.8, 4) is 0 Å². The van der Waals surface area contributed by atoms with Gasteiger partial charge in [-0.3, -0.25) is 9.59 Å². The minimum absolute atomic E-state index is 0. The maximum absolute atomic E-state index is 9.43. The van der Waals surface area contributed by atoms with Crippen molar-refractivity contribution in [1.82, 2.24) is 0 Å². The van der Waals surface area contributed by atoms with Crippen LogP contribution in [0.25, 0.3) is 0 Å². The van der Waals surface area contributed by atoms with E-state index in [2.05, 4.69) is 0 Å². The fourth-order valence-electron chi connectivity index (χ4n) is 0.129. The van der Waals surface area contributed by atoms with Gasteiger partial charge in [-0.2, -0.15) is 0 Å². The molecule has 0 aliphatic carbocycles. The zero-order chi connectivity index (χ0) is 8.57. The van der Waals surface area contributed by atoms with E-state index in [0.29, 0.717) is 0 Å². The van der Waals surface area contributed by atoms with Crippen molar-refractivity contribution in [3.63, 3.8) is 0 Å². The summed E-state index contributed by atoms with van der Waals surface area (Å²) in [6.07, 6.45) is -0.806. The molecule has 0 aliphatic rings. The van der Waals surface area contributed by atoms with E-state index < -0.39 is 18.4 Å². The molecule has 0 spiro atoms. The summed E-state index contributed by atoms with van der Waals surface area (Å²) >= 11 is -0.167. The largest absolute Gasteiger partial charge is 0.506 e. The zero-order valence-electron chi connectivity index (χ0n) is 5.06. The average Bonchev–Trinajstić information content (AvgIpc) is 1.62. The average molecular weight is 300 g/mol. The van der Waals surface area contributed by atoms with Crippen LogP contribution in [0.2, 0.25) is 0 Å². The lowest BCUT2D eigenvalue weighted by Gasteiger charge is -1.80. The lowest BCUT2D eigenvalue weighted by molar-refractivity contribution is -1.27. The number of carboxylic acid groups (broad SMARTS) is 2. The lowest BCUT2D eigenvalue weighted by Crippen LogP contribution is -2.03. The zero-order valence-corrected chi connectivity index (χ0v) is 8.15. The third kappa shape index (κ3) is 40.8. The van der Waals surface area contributed by atoms with Gasteiger partial charge < -0.3 is 14.9 Å². The highest BCUT2D eigenvalue weighted by Crippen LogP contribution is 1.74. The standard InChI is InChI=1S/C3H4O4.ClHO2.HI/c4-2(5)1-3(6)7;2-1-3;/h1H2,(H,4,5)(H,6,7);2H;1H. The molecule has 0 unspecified atom stereocenters. The van der Waals surface area contributed by atoms with Crippen molar-refractivity contribution < 1.29 is 40.4 Å². The Morgan fingerprint density at radius 1 is 1.27 bits per heavy atom. The van der Waals surface area contributed by atoms with Crippen LogP contribution in [-0.4, -0.2) is 26.8 Å². The molecule has 0 aromatic carbocycles. The second-order valence-corrected chi connectivity index (χ2v) is 1.17. The van der Waals surface area contributed by atoms with Gasteiger partial charge in [0.1, 0.15) is 6.42 Å². The number of halogens is 2. The van der Waals surface area contributed by atoms with E-state index in [0.717, 1.165) is 0 Å².